The van der Waals surface area contributed by atoms with Crippen LogP contribution in [0.15, 0.2) is 71.8 Å². The average molecular weight is 426 g/mol. The molecule has 0 saturated carbocycles. The Hall–Kier alpha value is -2.73. The van der Waals surface area contributed by atoms with Crippen LogP contribution in [0.25, 0.3) is 0 Å². The number of carbonyl (C=O) groups excluding carboxylic acids is 1. The molecule has 2 aromatic carbocycles. The van der Waals surface area contributed by atoms with Gasteiger partial charge in [-0.2, -0.15) is 0 Å². The molecular weight excluding hydrogens is 397 g/mol. The highest BCUT2D eigenvalue weighted by Crippen LogP contribution is 2.19. The summed E-state index contributed by atoms with van der Waals surface area (Å²) in [5.41, 5.74) is 2.68. The minimum Gasteiger partial charge on any atom is -0.345 e. The van der Waals surface area contributed by atoms with Crippen molar-refractivity contribution in [2.75, 3.05) is 18.1 Å². The van der Waals surface area contributed by atoms with Crippen LogP contribution in [0.3, 0.4) is 0 Å². The quantitative estimate of drug-likeness (QED) is 0.444. The van der Waals surface area contributed by atoms with Crippen molar-refractivity contribution >= 4 is 23.5 Å². The standard InChI is InChI=1S/C24H28FN3OS/c1-18(2)15-28(24(29)26-21-9-11-23(30-3)12-10-21)17-22-8-5-13-27(22)16-19-6-4-7-20(25)14-19/h4-14,18H,15-17H2,1-3H3,(H,26,29). The van der Waals surface area contributed by atoms with E-state index in [1.165, 1.54) is 6.07 Å². The molecule has 6 heteroatoms. The normalized spacial score (nSPS) is 11.0. The predicted molar refractivity (Wildman–Crippen MR) is 122 cm³/mol. The van der Waals surface area contributed by atoms with Gasteiger partial charge in [-0.1, -0.05) is 26.0 Å². The smallest absolute Gasteiger partial charge is 0.322 e. The SMILES string of the molecule is CSc1ccc(NC(=O)N(Cc2cccn2Cc2cccc(F)c2)CC(C)C)cc1. The van der Waals surface area contributed by atoms with Gasteiger partial charge in [0.25, 0.3) is 0 Å². The molecule has 1 aromatic heterocycles. The molecule has 2 amide bonds. The van der Waals surface area contributed by atoms with E-state index in [-0.39, 0.29) is 11.8 Å². The van der Waals surface area contributed by atoms with Gasteiger partial charge >= 0.3 is 6.03 Å². The highest BCUT2D eigenvalue weighted by Gasteiger charge is 2.17. The lowest BCUT2D eigenvalue weighted by Gasteiger charge is -2.26. The number of hydrogen-bond acceptors (Lipinski definition) is 2. The Labute approximate surface area is 182 Å². The van der Waals surface area contributed by atoms with Gasteiger partial charge in [0.2, 0.25) is 0 Å². The van der Waals surface area contributed by atoms with E-state index in [0.717, 1.165) is 21.8 Å². The maximum atomic E-state index is 13.5. The zero-order valence-electron chi connectivity index (χ0n) is 17.6. The molecule has 0 aliphatic heterocycles. The van der Waals surface area contributed by atoms with Crippen LogP contribution in [0.5, 0.6) is 0 Å². The zero-order chi connectivity index (χ0) is 21.5. The highest BCUT2D eigenvalue weighted by molar-refractivity contribution is 7.98. The fraction of sp³-hybridized carbons (Fsp3) is 0.292. The van der Waals surface area contributed by atoms with Gasteiger partial charge in [-0.3, -0.25) is 0 Å². The van der Waals surface area contributed by atoms with Gasteiger partial charge in [0, 0.05) is 35.6 Å². The number of carbonyl (C=O) groups is 1. The van der Waals surface area contributed by atoms with Crippen LogP contribution in [0.1, 0.15) is 25.1 Å². The molecule has 4 nitrogen and oxygen atoms in total. The molecule has 0 radical (unpaired) electrons. The topological polar surface area (TPSA) is 37.3 Å². The van der Waals surface area contributed by atoms with E-state index in [1.54, 1.807) is 23.9 Å². The maximum absolute atomic E-state index is 13.5. The lowest BCUT2D eigenvalue weighted by atomic mass is 10.2. The predicted octanol–water partition coefficient (Wildman–Crippen LogP) is 6.09. The molecule has 0 saturated heterocycles. The van der Waals surface area contributed by atoms with Gasteiger partial charge in [-0.15, -0.1) is 11.8 Å². The van der Waals surface area contributed by atoms with E-state index < -0.39 is 0 Å². The summed E-state index contributed by atoms with van der Waals surface area (Å²) in [6, 6.07) is 18.3. The maximum Gasteiger partial charge on any atom is 0.322 e. The second-order valence-corrected chi connectivity index (χ2v) is 8.57. The van der Waals surface area contributed by atoms with E-state index >= 15 is 0 Å². The molecule has 0 fully saturated rings. The Morgan fingerprint density at radius 2 is 1.90 bits per heavy atom. The number of thioether (sulfide) groups is 1. The molecule has 0 bridgehead atoms. The largest absolute Gasteiger partial charge is 0.345 e. The van der Waals surface area contributed by atoms with Crippen molar-refractivity contribution in [2.24, 2.45) is 5.92 Å². The van der Waals surface area contributed by atoms with Gasteiger partial charge in [0.1, 0.15) is 5.82 Å². The van der Waals surface area contributed by atoms with E-state index in [0.29, 0.717) is 25.6 Å². The van der Waals surface area contributed by atoms with Crippen LogP contribution in [0.4, 0.5) is 14.9 Å². The number of nitrogens with zero attached hydrogens (tertiary/aromatic N) is 2. The number of rotatable bonds is 8. The summed E-state index contributed by atoms with van der Waals surface area (Å²) in [6.45, 7) is 5.88. The number of benzene rings is 2. The first-order valence-electron chi connectivity index (χ1n) is 10.0. The first-order chi connectivity index (χ1) is 14.4. The summed E-state index contributed by atoms with van der Waals surface area (Å²) in [4.78, 5) is 16.0. The van der Waals surface area contributed by atoms with Crippen LogP contribution < -0.4 is 5.32 Å². The summed E-state index contributed by atoms with van der Waals surface area (Å²) < 4.78 is 15.6. The zero-order valence-corrected chi connectivity index (χ0v) is 18.5. The number of urea groups is 1. The van der Waals surface area contributed by atoms with Crippen molar-refractivity contribution in [1.29, 1.82) is 0 Å². The molecule has 1 heterocycles. The van der Waals surface area contributed by atoms with Gasteiger partial charge in [-0.25, -0.2) is 9.18 Å². The molecule has 0 unspecified atom stereocenters. The average Bonchev–Trinajstić information content (AvgIpc) is 3.14. The van der Waals surface area contributed by atoms with Crippen LogP contribution in [-0.2, 0) is 13.1 Å². The van der Waals surface area contributed by atoms with E-state index in [2.05, 4.69) is 23.7 Å². The summed E-state index contributed by atoms with van der Waals surface area (Å²) in [7, 11) is 0. The van der Waals surface area contributed by atoms with Crippen LogP contribution in [0.2, 0.25) is 0 Å². The molecule has 0 aliphatic carbocycles. The molecule has 158 valence electrons. The second-order valence-electron chi connectivity index (χ2n) is 7.69. The number of aromatic nitrogens is 1. The summed E-state index contributed by atoms with van der Waals surface area (Å²) in [5, 5.41) is 3.01. The third-order valence-electron chi connectivity index (χ3n) is 4.73. The van der Waals surface area contributed by atoms with Crippen molar-refractivity contribution in [2.45, 2.75) is 31.8 Å². The third kappa shape index (κ3) is 6.13. The molecular formula is C24H28FN3OS. The number of amides is 2. The van der Waals surface area contributed by atoms with E-state index in [1.807, 2.05) is 59.8 Å². The molecule has 0 aliphatic rings. The monoisotopic (exact) mass is 425 g/mol. The lowest BCUT2D eigenvalue weighted by Crippen LogP contribution is -2.37. The first kappa shape index (κ1) is 22.0. The fourth-order valence-electron chi connectivity index (χ4n) is 3.31. The lowest BCUT2D eigenvalue weighted by molar-refractivity contribution is 0.200. The highest BCUT2D eigenvalue weighted by atomic mass is 32.2. The Bertz CT molecular complexity index is 969. The molecule has 30 heavy (non-hydrogen) atoms. The summed E-state index contributed by atoms with van der Waals surface area (Å²) in [6.07, 6.45) is 3.99. The van der Waals surface area contributed by atoms with E-state index in [9.17, 15) is 9.18 Å². The minimum absolute atomic E-state index is 0.126. The van der Waals surface area contributed by atoms with Crippen LogP contribution >= 0.6 is 11.8 Å². The Balaban J connectivity index is 1.73. The number of hydrogen-bond donors (Lipinski definition) is 1. The van der Waals surface area contributed by atoms with Gasteiger partial charge in [-0.05, 0) is 66.3 Å². The Morgan fingerprint density at radius 3 is 2.57 bits per heavy atom. The summed E-state index contributed by atoms with van der Waals surface area (Å²) in [5.74, 6) is 0.0933. The second kappa shape index (κ2) is 10.3. The van der Waals surface area contributed by atoms with Crippen molar-refractivity contribution in [3.05, 3.63) is 83.9 Å². The third-order valence-corrected chi connectivity index (χ3v) is 5.48. The van der Waals surface area contributed by atoms with Gasteiger partial charge in [0.05, 0.1) is 6.54 Å². The van der Waals surface area contributed by atoms with Crippen molar-refractivity contribution in [3.8, 4) is 0 Å². The molecule has 0 spiro atoms. The molecule has 3 rings (SSSR count). The molecule has 0 atom stereocenters. The Kier molecular flexibility index (Phi) is 7.57. The molecule has 1 N–H and O–H groups in total. The van der Waals surface area contributed by atoms with Crippen molar-refractivity contribution < 1.29 is 9.18 Å². The van der Waals surface area contributed by atoms with Gasteiger partial charge < -0.3 is 14.8 Å². The van der Waals surface area contributed by atoms with Crippen molar-refractivity contribution in [1.82, 2.24) is 9.47 Å². The molecule has 3 aromatic rings. The minimum atomic E-state index is -0.241. The Morgan fingerprint density at radius 1 is 1.13 bits per heavy atom. The summed E-state index contributed by atoms with van der Waals surface area (Å²) >= 11 is 1.67. The van der Waals surface area contributed by atoms with Crippen LogP contribution in [0, 0.1) is 11.7 Å². The number of halogens is 1. The van der Waals surface area contributed by atoms with Crippen molar-refractivity contribution in [3.63, 3.8) is 0 Å². The first-order valence-corrected chi connectivity index (χ1v) is 11.3. The van der Waals surface area contributed by atoms with E-state index in [4.69, 9.17) is 0 Å². The number of nitrogens with one attached hydrogen (secondary N) is 1. The number of anilines is 1. The fourth-order valence-corrected chi connectivity index (χ4v) is 3.72. The van der Waals surface area contributed by atoms with Crippen LogP contribution in [-0.4, -0.2) is 28.3 Å². The van der Waals surface area contributed by atoms with Gasteiger partial charge in [0.15, 0.2) is 0 Å².